The van der Waals surface area contributed by atoms with Gasteiger partial charge in [-0.05, 0) is 49.2 Å². The topological polar surface area (TPSA) is 104 Å². The molecule has 0 fully saturated rings. The van der Waals surface area contributed by atoms with Crippen molar-refractivity contribution in [3.63, 3.8) is 0 Å². The highest BCUT2D eigenvalue weighted by Crippen LogP contribution is 2.32. The van der Waals surface area contributed by atoms with Crippen molar-refractivity contribution in [2.45, 2.75) is 45.8 Å². The second kappa shape index (κ2) is 12.9. The zero-order valence-corrected chi connectivity index (χ0v) is 22.2. The van der Waals surface area contributed by atoms with Crippen LogP contribution < -0.4 is 14.8 Å². The molecule has 0 aliphatic rings. The number of benzene rings is 2. The van der Waals surface area contributed by atoms with Crippen LogP contribution in [-0.4, -0.2) is 42.1 Å². The number of methoxy groups -OCH3 is 1. The Morgan fingerprint density at radius 3 is 1.85 bits per heavy atom. The van der Waals surface area contributed by atoms with E-state index in [1.54, 1.807) is 45.0 Å². The summed E-state index contributed by atoms with van der Waals surface area (Å²) in [5, 5.41) is 2.51. The first kappa shape index (κ1) is 29.2. The van der Waals surface area contributed by atoms with E-state index in [0.29, 0.717) is 11.1 Å². The summed E-state index contributed by atoms with van der Waals surface area (Å²) in [6.45, 7) is 6.35. The first-order valence-electron chi connectivity index (χ1n) is 12.3. The van der Waals surface area contributed by atoms with Gasteiger partial charge in [-0.15, -0.1) is 0 Å². The van der Waals surface area contributed by atoms with Crippen molar-refractivity contribution in [2.24, 2.45) is 5.92 Å². The van der Waals surface area contributed by atoms with E-state index in [-0.39, 0.29) is 17.2 Å². The molecule has 0 unspecified atom stereocenters. The molecule has 1 heterocycles. The zero-order valence-electron chi connectivity index (χ0n) is 22.2. The summed E-state index contributed by atoms with van der Waals surface area (Å²) in [7, 11) is 1.35. The van der Waals surface area contributed by atoms with Crippen LogP contribution in [0.1, 0.15) is 55.2 Å². The lowest BCUT2D eigenvalue weighted by molar-refractivity contribution is -0.150. The number of nitrogens with zero attached hydrogens (tertiary/aromatic N) is 1. The average molecular weight is 541 g/mol. The van der Waals surface area contributed by atoms with E-state index in [1.807, 2.05) is 0 Å². The van der Waals surface area contributed by atoms with Crippen molar-refractivity contribution in [3.05, 3.63) is 89.2 Å². The molecule has 0 radical (unpaired) electrons. The van der Waals surface area contributed by atoms with E-state index in [4.69, 9.17) is 14.2 Å². The molecule has 2 aromatic carbocycles. The van der Waals surface area contributed by atoms with Gasteiger partial charge in [0.05, 0.1) is 13.0 Å². The lowest BCUT2D eigenvalue weighted by Gasteiger charge is -2.26. The van der Waals surface area contributed by atoms with Crippen molar-refractivity contribution in [1.29, 1.82) is 0 Å². The SMILES string of the molecule is COc1ccnc(C(=O)N[C@@H](C)C(=O)O[C@@H](C)C(c2ccc(F)cc2)c2ccc(F)cc2)c1OC(=O)C(C)C. The van der Waals surface area contributed by atoms with Gasteiger partial charge in [0.2, 0.25) is 5.75 Å². The molecule has 0 aliphatic carbocycles. The smallest absolute Gasteiger partial charge is 0.328 e. The van der Waals surface area contributed by atoms with Crippen molar-refractivity contribution in [1.82, 2.24) is 10.3 Å². The summed E-state index contributed by atoms with van der Waals surface area (Å²) >= 11 is 0. The number of halogens is 2. The van der Waals surface area contributed by atoms with Crippen LogP contribution in [0.4, 0.5) is 8.78 Å². The Balaban J connectivity index is 1.78. The molecule has 8 nitrogen and oxygen atoms in total. The quantitative estimate of drug-likeness (QED) is 0.368. The second-order valence-corrected chi connectivity index (χ2v) is 9.18. The minimum Gasteiger partial charge on any atom is -0.493 e. The highest BCUT2D eigenvalue weighted by atomic mass is 19.1. The largest absolute Gasteiger partial charge is 0.493 e. The summed E-state index contributed by atoms with van der Waals surface area (Å²) in [6, 6.07) is 11.7. The fourth-order valence-electron chi connectivity index (χ4n) is 3.82. The number of hydrogen-bond donors (Lipinski definition) is 1. The molecular weight excluding hydrogens is 510 g/mol. The zero-order chi connectivity index (χ0) is 28.7. The van der Waals surface area contributed by atoms with Crippen LogP contribution in [0.3, 0.4) is 0 Å². The van der Waals surface area contributed by atoms with Gasteiger partial charge >= 0.3 is 11.9 Å². The molecule has 2 atom stereocenters. The van der Waals surface area contributed by atoms with Crippen LogP contribution in [-0.2, 0) is 14.3 Å². The van der Waals surface area contributed by atoms with E-state index in [1.165, 1.54) is 50.6 Å². The Hall–Kier alpha value is -4.34. The number of amides is 1. The number of nitrogens with one attached hydrogen (secondary N) is 1. The molecular formula is C29H30F2N2O6. The van der Waals surface area contributed by atoms with Gasteiger partial charge in [0.25, 0.3) is 5.91 Å². The Morgan fingerprint density at radius 1 is 0.821 bits per heavy atom. The average Bonchev–Trinajstić information content (AvgIpc) is 2.90. The first-order valence-corrected chi connectivity index (χ1v) is 12.3. The Labute approximate surface area is 225 Å². The molecule has 0 aliphatic heterocycles. The fourth-order valence-corrected chi connectivity index (χ4v) is 3.82. The molecule has 39 heavy (non-hydrogen) atoms. The number of aromatic nitrogens is 1. The van der Waals surface area contributed by atoms with Crippen molar-refractivity contribution >= 4 is 17.8 Å². The monoisotopic (exact) mass is 540 g/mol. The number of rotatable bonds is 10. The van der Waals surface area contributed by atoms with Crippen LogP contribution >= 0.6 is 0 Å². The third-order valence-electron chi connectivity index (χ3n) is 5.91. The third-order valence-corrected chi connectivity index (χ3v) is 5.91. The number of carbonyl (C=O) groups excluding carboxylic acids is 3. The van der Waals surface area contributed by atoms with Crippen LogP contribution in [0.25, 0.3) is 0 Å². The summed E-state index contributed by atoms with van der Waals surface area (Å²) in [6.07, 6.45) is 0.534. The van der Waals surface area contributed by atoms with E-state index in [0.717, 1.165) is 0 Å². The molecule has 3 aromatic rings. The third kappa shape index (κ3) is 7.37. The predicted molar refractivity (Wildman–Crippen MR) is 138 cm³/mol. The maximum atomic E-state index is 13.6. The van der Waals surface area contributed by atoms with Gasteiger partial charge in [-0.3, -0.25) is 9.59 Å². The highest BCUT2D eigenvalue weighted by molar-refractivity contribution is 5.98. The first-order chi connectivity index (χ1) is 18.5. The minimum atomic E-state index is -1.12. The second-order valence-electron chi connectivity index (χ2n) is 9.18. The van der Waals surface area contributed by atoms with E-state index < -0.39 is 53.5 Å². The van der Waals surface area contributed by atoms with Gasteiger partial charge < -0.3 is 19.5 Å². The maximum absolute atomic E-state index is 13.6. The maximum Gasteiger partial charge on any atom is 0.328 e. The van der Waals surface area contributed by atoms with Crippen LogP contribution in [0.15, 0.2) is 60.8 Å². The van der Waals surface area contributed by atoms with Crippen LogP contribution in [0.5, 0.6) is 11.5 Å². The number of ether oxygens (including phenoxy) is 3. The standard InChI is InChI=1S/C29H30F2N2O6/c1-16(2)28(35)39-26-23(37-5)14-15-32-25(26)27(34)33-17(3)29(36)38-18(4)24(19-6-10-21(30)11-7-19)20-8-12-22(31)13-9-20/h6-18,24H,1-5H3,(H,33,34)/t17-,18-/m0/s1. The molecule has 0 saturated heterocycles. The molecule has 206 valence electrons. The van der Waals surface area contributed by atoms with E-state index >= 15 is 0 Å². The summed E-state index contributed by atoms with van der Waals surface area (Å²) < 4.78 is 43.3. The lowest BCUT2D eigenvalue weighted by atomic mass is 9.87. The van der Waals surface area contributed by atoms with Gasteiger partial charge in [0, 0.05) is 18.2 Å². The van der Waals surface area contributed by atoms with Crippen molar-refractivity contribution in [3.8, 4) is 11.5 Å². The molecule has 0 spiro atoms. The Kier molecular flexibility index (Phi) is 9.70. The number of pyridine rings is 1. The molecule has 0 bridgehead atoms. The van der Waals surface area contributed by atoms with Gasteiger partial charge in [0.15, 0.2) is 11.4 Å². The summed E-state index contributed by atoms with van der Waals surface area (Å²) in [5.41, 5.74) is 1.06. The van der Waals surface area contributed by atoms with Gasteiger partial charge in [-0.1, -0.05) is 38.1 Å². The Morgan fingerprint density at radius 2 is 1.36 bits per heavy atom. The fraction of sp³-hybridized carbons (Fsp3) is 0.310. The molecule has 1 aromatic heterocycles. The lowest BCUT2D eigenvalue weighted by Crippen LogP contribution is -2.41. The van der Waals surface area contributed by atoms with E-state index in [2.05, 4.69) is 10.3 Å². The molecule has 3 rings (SSSR count). The normalized spacial score (nSPS) is 12.5. The predicted octanol–water partition coefficient (Wildman–Crippen LogP) is 4.81. The van der Waals surface area contributed by atoms with Gasteiger partial charge in [-0.25, -0.2) is 18.6 Å². The van der Waals surface area contributed by atoms with Gasteiger partial charge in [0.1, 0.15) is 23.8 Å². The van der Waals surface area contributed by atoms with Crippen molar-refractivity contribution in [2.75, 3.05) is 7.11 Å². The molecule has 1 N–H and O–H groups in total. The molecule has 10 heteroatoms. The van der Waals surface area contributed by atoms with Crippen molar-refractivity contribution < 1.29 is 37.4 Å². The van der Waals surface area contributed by atoms with Crippen LogP contribution in [0.2, 0.25) is 0 Å². The summed E-state index contributed by atoms with van der Waals surface area (Å²) in [5.74, 6) is -4.06. The van der Waals surface area contributed by atoms with E-state index in [9.17, 15) is 23.2 Å². The number of carbonyl (C=O) groups is 3. The minimum absolute atomic E-state index is 0.120. The summed E-state index contributed by atoms with van der Waals surface area (Å²) in [4.78, 5) is 42.2. The number of esters is 2. The van der Waals surface area contributed by atoms with Crippen LogP contribution in [0, 0.1) is 17.6 Å². The highest BCUT2D eigenvalue weighted by Gasteiger charge is 2.29. The number of hydrogen-bond acceptors (Lipinski definition) is 7. The van der Waals surface area contributed by atoms with Gasteiger partial charge in [-0.2, -0.15) is 0 Å². The molecule has 0 saturated carbocycles. The molecule has 1 amide bonds. The Bertz CT molecular complexity index is 1270.